The molecule has 0 spiro atoms. The summed E-state index contributed by atoms with van der Waals surface area (Å²) < 4.78 is 16.2. The van der Waals surface area contributed by atoms with Crippen LogP contribution < -0.4 is 9.47 Å². The second kappa shape index (κ2) is 9.79. The summed E-state index contributed by atoms with van der Waals surface area (Å²) in [5.74, 6) is 0.241. The first-order valence-electron chi connectivity index (χ1n) is 9.23. The van der Waals surface area contributed by atoms with Crippen LogP contribution in [-0.2, 0) is 4.74 Å². The molecular weight excluding hydrogens is 394 g/mol. The Morgan fingerprint density at radius 3 is 2.60 bits per heavy atom. The Bertz CT molecular complexity index is 886. The number of rotatable bonds is 7. The number of aromatic nitrogens is 1. The van der Waals surface area contributed by atoms with Gasteiger partial charge in [-0.25, -0.2) is 0 Å². The van der Waals surface area contributed by atoms with Crippen molar-refractivity contribution in [3.8, 4) is 11.5 Å². The lowest BCUT2D eigenvalue weighted by molar-refractivity contribution is -0.277. The van der Waals surface area contributed by atoms with E-state index in [0.29, 0.717) is 17.0 Å². The van der Waals surface area contributed by atoms with Crippen molar-refractivity contribution in [2.75, 3.05) is 13.7 Å². The number of ketones is 1. The summed E-state index contributed by atoms with van der Waals surface area (Å²) in [7, 11) is 1.42. The number of allylic oxidation sites excluding steroid dienone is 1. The molecule has 0 aliphatic carbocycles. The summed E-state index contributed by atoms with van der Waals surface area (Å²) in [5.41, 5.74) is 0.973. The molecule has 160 valence electrons. The molecule has 1 aromatic heterocycles. The quantitative estimate of drug-likeness (QED) is 0.367. The summed E-state index contributed by atoms with van der Waals surface area (Å²) in [6, 6.07) is 9.88. The van der Waals surface area contributed by atoms with Gasteiger partial charge in [-0.15, -0.1) is 0 Å². The number of ether oxygens (including phenoxy) is 3. The van der Waals surface area contributed by atoms with E-state index in [9.17, 15) is 25.2 Å². The van der Waals surface area contributed by atoms with Crippen LogP contribution in [-0.4, -0.2) is 75.6 Å². The maximum atomic E-state index is 12.1. The molecule has 1 fully saturated rings. The predicted molar refractivity (Wildman–Crippen MR) is 105 cm³/mol. The molecular formula is C21H23NO8. The zero-order valence-corrected chi connectivity index (χ0v) is 16.2. The summed E-state index contributed by atoms with van der Waals surface area (Å²) >= 11 is 0. The number of carbonyl (C=O) groups excluding carboxylic acids is 1. The summed E-state index contributed by atoms with van der Waals surface area (Å²) in [5, 5.41) is 39.1. The van der Waals surface area contributed by atoms with Gasteiger partial charge in [0.2, 0.25) is 12.1 Å². The molecule has 4 N–H and O–H groups in total. The van der Waals surface area contributed by atoms with Gasteiger partial charge in [-0.3, -0.25) is 9.78 Å². The maximum Gasteiger partial charge on any atom is 0.229 e. The van der Waals surface area contributed by atoms with Gasteiger partial charge in [0, 0.05) is 6.20 Å². The highest BCUT2D eigenvalue weighted by Crippen LogP contribution is 2.32. The topological polar surface area (TPSA) is 139 Å². The zero-order chi connectivity index (χ0) is 21.7. The van der Waals surface area contributed by atoms with E-state index in [1.807, 2.05) is 0 Å². The first-order valence-corrected chi connectivity index (χ1v) is 9.23. The van der Waals surface area contributed by atoms with Crippen molar-refractivity contribution < 1.29 is 39.4 Å². The van der Waals surface area contributed by atoms with Crippen LogP contribution in [0.25, 0.3) is 6.08 Å². The molecule has 0 radical (unpaired) electrons. The molecule has 1 aliphatic rings. The molecule has 0 unspecified atom stereocenters. The number of hydrogen-bond acceptors (Lipinski definition) is 9. The van der Waals surface area contributed by atoms with E-state index in [4.69, 9.17) is 14.2 Å². The largest absolute Gasteiger partial charge is 0.493 e. The van der Waals surface area contributed by atoms with Gasteiger partial charge in [-0.2, -0.15) is 0 Å². The number of aliphatic hydroxyl groups excluding tert-OH is 4. The van der Waals surface area contributed by atoms with Crippen LogP contribution in [0.1, 0.15) is 16.1 Å². The molecule has 1 saturated heterocycles. The molecule has 1 aromatic carbocycles. The van der Waals surface area contributed by atoms with Crippen LogP contribution in [0.15, 0.2) is 48.7 Å². The van der Waals surface area contributed by atoms with Crippen molar-refractivity contribution in [2.24, 2.45) is 0 Å². The Kier molecular flexibility index (Phi) is 7.14. The van der Waals surface area contributed by atoms with Gasteiger partial charge in [0.15, 0.2) is 11.5 Å². The van der Waals surface area contributed by atoms with E-state index >= 15 is 0 Å². The van der Waals surface area contributed by atoms with Crippen LogP contribution in [0.2, 0.25) is 0 Å². The van der Waals surface area contributed by atoms with E-state index in [1.165, 1.54) is 19.4 Å². The fourth-order valence-corrected chi connectivity index (χ4v) is 2.94. The van der Waals surface area contributed by atoms with Gasteiger partial charge >= 0.3 is 0 Å². The van der Waals surface area contributed by atoms with Gasteiger partial charge in [0.05, 0.1) is 13.7 Å². The van der Waals surface area contributed by atoms with E-state index in [0.717, 1.165) is 0 Å². The molecule has 9 heteroatoms. The molecule has 2 aromatic rings. The molecule has 30 heavy (non-hydrogen) atoms. The first-order chi connectivity index (χ1) is 14.4. The minimum Gasteiger partial charge on any atom is -0.493 e. The van der Waals surface area contributed by atoms with Crippen molar-refractivity contribution >= 4 is 11.9 Å². The van der Waals surface area contributed by atoms with Gasteiger partial charge in [-0.05, 0) is 35.9 Å². The second-order valence-electron chi connectivity index (χ2n) is 6.64. The molecule has 0 bridgehead atoms. The predicted octanol–water partition coefficient (Wildman–Crippen LogP) is 0.165. The second-order valence-corrected chi connectivity index (χ2v) is 6.64. The molecule has 1 aliphatic heterocycles. The Labute approximate surface area is 172 Å². The van der Waals surface area contributed by atoms with Crippen molar-refractivity contribution in [1.29, 1.82) is 0 Å². The molecule has 2 heterocycles. The third-order valence-electron chi connectivity index (χ3n) is 4.62. The van der Waals surface area contributed by atoms with Gasteiger partial charge in [-0.1, -0.05) is 18.2 Å². The molecule has 9 nitrogen and oxygen atoms in total. The smallest absolute Gasteiger partial charge is 0.229 e. The van der Waals surface area contributed by atoms with Crippen molar-refractivity contribution in [3.05, 3.63) is 59.9 Å². The molecule has 0 amide bonds. The standard InChI is InChI=1S/C21H23NO8/c1-28-16-10-12(5-7-14(24)13-4-2-3-9-22-13)6-8-15(16)29-21-20(27)19(26)18(25)17(11-23)30-21/h2-10,17-21,23,25-27H,11H2,1H3/t17-,18+,19+,20-,21-/m1/s1. The first kappa shape index (κ1) is 21.9. The van der Waals surface area contributed by atoms with Gasteiger partial charge < -0.3 is 34.6 Å². The number of hydrogen-bond donors (Lipinski definition) is 4. The number of nitrogens with zero attached hydrogens (tertiary/aromatic N) is 1. The van der Waals surface area contributed by atoms with Gasteiger partial charge in [0.1, 0.15) is 30.1 Å². The highest BCUT2D eigenvalue weighted by Gasteiger charge is 2.44. The van der Waals surface area contributed by atoms with Gasteiger partial charge in [0.25, 0.3) is 0 Å². The molecule has 0 saturated carbocycles. The maximum absolute atomic E-state index is 12.1. The molecule has 5 atom stereocenters. The van der Waals surface area contributed by atoms with Crippen molar-refractivity contribution in [1.82, 2.24) is 4.98 Å². The van der Waals surface area contributed by atoms with Crippen LogP contribution in [0.3, 0.4) is 0 Å². The van der Waals surface area contributed by atoms with Crippen LogP contribution in [0, 0.1) is 0 Å². The summed E-state index contributed by atoms with van der Waals surface area (Å²) in [6.45, 7) is -0.560. The fraction of sp³-hybridized carbons (Fsp3) is 0.333. The zero-order valence-electron chi connectivity index (χ0n) is 16.2. The van der Waals surface area contributed by atoms with Crippen LogP contribution in [0.4, 0.5) is 0 Å². The number of methoxy groups -OCH3 is 1. The highest BCUT2D eigenvalue weighted by molar-refractivity contribution is 6.05. The SMILES string of the molecule is COc1cc(C=CC(=O)c2ccccn2)ccc1O[C@@H]1O[C@H](CO)[C@H](O)[C@H](O)[C@H]1O. The van der Waals surface area contributed by atoms with E-state index in [2.05, 4.69) is 4.98 Å². The lowest BCUT2D eigenvalue weighted by atomic mass is 9.99. The summed E-state index contributed by atoms with van der Waals surface area (Å²) in [6.07, 6.45) is -2.46. The number of carbonyl (C=O) groups is 1. The average Bonchev–Trinajstić information content (AvgIpc) is 2.78. The monoisotopic (exact) mass is 417 g/mol. The number of pyridine rings is 1. The Balaban J connectivity index is 1.74. The normalized spacial score (nSPS) is 26.5. The van der Waals surface area contributed by atoms with E-state index in [1.54, 1.807) is 42.5 Å². The van der Waals surface area contributed by atoms with Crippen LogP contribution >= 0.6 is 0 Å². The third kappa shape index (κ3) is 4.84. The van der Waals surface area contributed by atoms with E-state index < -0.39 is 37.3 Å². The van der Waals surface area contributed by atoms with E-state index in [-0.39, 0.29) is 11.5 Å². The lowest BCUT2D eigenvalue weighted by Gasteiger charge is -2.39. The van der Waals surface area contributed by atoms with Crippen LogP contribution in [0.5, 0.6) is 11.5 Å². The Morgan fingerprint density at radius 2 is 1.93 bits per heavy atom. The number of aliphatic hydroxyl groups is 4. The van der Waals surface area contributed by atoms with Crippen molar-refractivity contribution in [2.45, 2.75) is 30.7 Å². The minimum atomic E-state index is -1.55. The van der Waals surface area contributed by atoms with Crippen molar-refractivity contribution in [3.63, 3.8) is 0 Å². The Hall–Kier alpha value is -2.82. The lowest BCUT2D eigenvalue weighted by Crippen LogP contribution is -2.60. The fourth-order valence-electron chi connectivity index (χ4n) is 2.94. The summed E-state index contributed by atoms with van der Waals surface area (Å²) in [4.78, 5) is 16.1. The number of benzene rings is 1. The average molecular weight is 417 g/mol. The third-order valence-corrected chi connectivity index (χ3v) is 4.62. The molecule has 3 rings (SSSR count). The Morgan fingerprint density at radius 1 is 1.13 bits per heavy atom. The highest BCUT2D eigenvalue weighted by atomic mass is 16.7. The minimum absolute atomic E-state index is 0.204.